The van der Waals surface area contributed by atoms with Crippen LogP contribution in [0.5, 0.6) is 0 Å². The number of halogens is 1. The van der Waals surface area contributed by atoms with Gasteiger partial charge in [-0.3, -0.25) is 9.59 Å². The summed E-state index contributed by atoms with van der Waals surface area (Å²) >= 11 is 0. The minimum Gasteiger partial charge on any atom is -0.378 e. The molecule has 33 heavy (non-hydrogen) atoms. The molecule has 2 aliphatic rings. The standard InChI is InChI=1S/C24H26FN5O3/c25-19-5-7-20(8-6-19)30-22(27-9-1-2-10-27)21(16-26-30)24(32)29-11-3-4-18(17-29)23(31)28-12-14-33-15-13-28/h1-2,5-10,16,18H,3-4,11-15,17H2/t18-/m0/s1. The average molecular weight is 452 g/mol. The fourth-order valence-electron chi connectivity index (χ4n) is 4.56. The van der Waals surface area contributed by atoms with Crippen molar-refractivity contribution in [1.82, 2.24) is 24.1 Å². The summed E-state index contributed by atoms with van der Waals surface area (Å²) in [4.78, 5) is 30.2. The van der Waals surface area contributed by atoms with E-state index < -0.39 is 0 Å². The average Bonchev–Trinajstić information content (AvgIpc) is 3.54. The second kappa shape index (κ2) is 9.19. The number of aromatic nitrogens is 3. The Morgan fingerprint density at radius 3 is 2.45 bits per heavy atom. The number of nitrogens with zero attached hydrogens (tertiary/aromatic N) is 5. The molecule has 0 radical (unpaired) electrons. The fourth-order valence-corrected chi connectivity index (χ4v) is 4.56. The molecular formula is C24H26FN5O3. The molecule has 8 nitrogen and oxygen atoms in total. The Morgan fingerprint density at radius 2 is 1.73 bits per heavy atom. The lowest BCUT2D eigenvalue weighted by Crippen LogP contribution is -2.49. The molecule has 0 aliphatic carbocycles. The molecule has 1 aromatic carbocycles. The number of likely N-dealkylation sites (tertiary alicyclic amines) is 1. The quantitative estimate of drug-likeness (QED) is 0.611. The summed E-state index contributed by atoms with van der Waals surface area (Å²) in [5, 5.41) is 4.45. The van der Waals surface area contributed by atoms with Crippen molar-refractivity contribution in [2.24, 2.45) is 5.92 Å². The first kappa shape index (κ1) is 21.4. The van der Waals surface area contributed by atoms with Crippen molar-refractivity contribution in [2.45, 2.75) is 12.8 Å². The molecule has 0 bridgehead atoms. The van der Waals surface area contributed by atoms with Gasteiger partial charge in [0.25, 0.3) is 5.91 Å². The van der Waals surface area contributed by atoms with Gasteiger partial charge in [0, 0.05) is 38.6 Å². The second-order valence-electron chi connectivity index (χ2n) is 8.39. The predicted octanol–water partition coefficient (Wildman–Crippen LogP) is 2.51. The van der Waals surface area contributed by atoms with E-state index in [0.29, 0.717) is 56.5 Å². The summed E-state index contributed by atoms with van der Waals surface area (Å²) in [6, 6.07) is 9.72. The van der Waals surface area contributed by atoms with E-state index in [9.17, 15) is 14.0 Å². The molecule has 0 saturated carbocycles. The van der Waals surface area contributed by atoms with Crippen LogP contribution in [0.2, 0.25) is 0 Å². The fraction of sp³-hybridized carbons (Fsp3) is 0.375. The lowest BCUT2D eigenvalue weighted by atomic mass is 9.96. The van der Waals surface area contributed by atoms with Gasteiger partial charge in [-0.1, -0.05) is 0 Å². The van der Waals surface area contributed by atoms with Crippen LogP contribution in [0.25, 0.3) is 11.5 Å². The van der Waals surface area contributed by atoms with Crippen molar-refractivity contribution in [2.75, 3.05) is 39.4 Å². The van der Waals surface area contributed by atoms with Crippen LogP contribution < -0.4 is 0 Å². The number of carbonyl (C=O) groups excluding carboxylic acids is 2. The van der Waals surface area contributed by atoms with Crippen LogP contribution in [0.15, 0.2) is 55.0 Å². The van der Waals surface area contributed by atoms with Gasteiger partial charge in [-0.15, -0.1) is 0 Å². The highest BCUT2D eigenvalue weighted by Crippen LogP contribution is 2.25. The molecule has 2 aliphatic heterocycles. The number of hydrogen-bond donors (Lipinski definition) is 0. The smallest absolute Gasteiger partial charge is 0.259 e. The van der Waals surface area contributed by atoms with Crippen LogP contribution in [0, 0.1) is 11.7 Å². The van der Waals surface area contributed by atoms with E-state index in [1.165, 1.54) is 12.1 Å². The van der Waals surface area contributed by atoms with E-state index in [2.05, 4.69) is 5.10 Å². The van der Waals surface area contributed by atoms with Crippen LogP contribution in [0.4, 0.5) is 4.39 Å². The molecular weight excluding hydrogens is 425 g/mol. The summed E-state index contributed by atoms with van der Waals surface area (Å²) in [5.74, 6) is -0.0230. The number of ether oxygens (including phenoxy) is 1. The lowest BCUT2D eigenvalue weighted by molar-refractivity contribution is -0.141. The van der Waals surface area contributed by atoms with E-state index in [1.54, 1.807) is 27.9 Å². The Hall–Kier alpha value is -3.46. The van der Waals surface area contributed by atoms with E-state index in [4.69, 9.17) is 4.74 Å². The zero-order valence-corrected chi connectivity index (χ0v) is 18.3. The van der Waals surface area contributed by atoms with Crippen LogP contribution in [0.3, 0.4) is 0 Å². The number of rotatable bonds is 4. The third-order valence-electron chi connectivity index (χ3n) is 6.28. The van der Waals surface area contributed by atoms with Crippen molar-refractivity contribution < 1.29 is 18.7 Å². The summed E-state index contributed by atoms with van der Waals surface area (Å²) in [5.41, 5.74) is 1.09. The molecule has 9 heteroatoms. The van der Waals surface area contributed by atoms with E-state index in [1.807, 2.05) is 34.0 Å². The lowest BCUT2D eigenvalue weighted by Gasteiger charge is -2.36. The Labute approximate surface area is 191 Å². The van der Waals surface area contributed by atoms with Crippen molar-refractivity contribution in [3.05, 3.63) is 66.4 Å². The summed E-state index contributed by atoms with van der Waals surface area (Å²) in [6.07, 6.45) is 6.79. The molecule has 2 fully saturated rings. The first-order chi connectivity index (χ1) is 16.1. The topological polar surface area (TPSA) is 72.6 Å². The molecule has 1 atom stereocenters. The molecule has 2 aromatic heterocycles. The monoisotopic (exact) mass is 451 g/mol. The van der Waals surface area contributed by atoms with E-state index >= 15 is 0 Å². The minimum absolute atomic E-state index is 0.100. The van der Waals surface area contributed by atoms with Gasteiger partial charge in [0.15, 0.2) is 5.82 Å². The Balaban J connectivity index is 1.42. The maximum absolute atomic E-state index is 13.6. The maximum Gasteiger partial charge on any atom is 0.259 e. The minimum atomic E-state index is -0.339. The highest BCUT2D eigenvalue weighted by molar-refractivity contribution is 5.97. The van der Waals surface area contributed by atoms with Gasteiger partial charge in [0.05, 0.1) is 31.0 Å². The molecule has 5 rings (SSSR count). The molecule has 4 heterocycles. The largest absolute Gasteiger partial charge is 0.378 e. The highest BCUT2D eigenvalue weighted by Gasteiger charge is 2.33. The van der Waals surface area contributed by atoms with Gasteiger partial charge in [-0.2, -0.15) is 5.10 Å². The van der Waals surface area contributed by atoms with Gasteiger partial charge in [0.2, 0.25) is 5.91 Å². The Morgan fingerprint density at radius 1 is 1.00 bits per heavy atom. The molecule has 0 unspecified atom stereocenters. The number of piperidine rings is 1. The number of benzene rings is 1. The Kier molecular flexibility index (Phi) is 5.95. The summed E-state index contributed by atoms with van der Waals surface area (Å²) in [6.45, 7) is 3.31. The second-order valence-corrected chi connectivity index (χ2v) is 8.39. The predicted molar refractivity (Wildman–Crippen MR) is 119 cm³/mol. The van der Waals surface area contributed by atoms with Crippen molar-refractivity contribution in [3.8, 4) is 11.5 Å². The van der Waals surface area contributed by atoms with Crippen LogP contribution >= 0.6 is 0 Å². The third-order valence-corrected chi connectivity index (χ3v) is 6.28. The molecule has 0 N–H and O–H groups in total. The molecule has 2 saturated heterocycles. The summed E-state index contributed by atoms with van der Waals surface area (Å²) < 4.78 is 22.3. The molecule has 0 spiro atoms. The molecule has 2 amide bonds. The number of morpholine rings is 1. The van der Waals surface area contributed by atoms with Gasteiger partial charge in [0.1, 0.15) is 11.4 Å². The first-order valence-electron chi connectivity index (χ1n) is 11.2. The summed E-state index contributed by atoms with van der Waals surface area (Å²) in [7, 11) is 0. The number of hydrogen-bond acceptors (Lipinski definition) is 4. The number of amides is 2. The van der Waals surface area contributed by atoms with E-state index in [0.717, 1.165) is 12.8 Å². The SMILES string of the molecule is O=C(c1cnn(-c2ccc(F)cc2)c1-n1cccc1)N1CCC[C@H](C(=O)N2CCOCC2)C1. The Bertz CT molecular complexity index is 1120. The normalized spacial score (nSPS) is 19.0. The van der Waals surface area contributed by atoms with Gasteiger partial charge in [-0.05, 0) is 49.2 Å². The van der Waals surface area contributed by atoms with Gasteiger partial charge >= 0.3 is 0 Å². The van der Waals surface area contributed by atoms with E-state index in [-0.39, 0.29) is 23.5 Å². The van der Waals surface area contributed by atoms with Crippen LogP contribution in [0.1, 0.15) is 23.2 Å². The van der Waals surface area contributed by atoms with Crippen LogP contribution in [-0.4, -0.2) is 75.4 Å². The van der Waals surface area contributed by atoms with Gasteiger partial charge in [-0.25, -0.2) is 9.07 Å². The molecule has 172 valence electrons. The number of carbonyl (C=O) groups is 2. The highest BCUT2D eigenvalue weighted by atomic mass is 19.1. The maximum atomic E-state index is 13.6. The zero-order chi connectivity index (χ0) is 22.8. The van der Waals surface area contributed by atoms with Crippen molar-refractivity contribution in [3.63, 3.8) is 0 Å². The van der Waals surface area contributed by atoms with Crippen molar-refractivity contribution in [1.29, 1.82) is 0 Å². The first-order valence-corrected chi connectivity index (χ1v) is 11.2. The third kappa shape index (κ3) is 4.28. The molecule has 3 aromatic rings. The van der Waals surface area contributed by atoms with Gasteiger partial charge < -0.3 is 19.1 Å². The van der Waals surface area contributed by atoms with Crippen molar-refractivity contribution >= 4 is 11.8 Å². The zero-order valence-electron chi connectivity index (χ0n) is 18.3. The van der Waals surface area contributed by atoms with Crippen LogP contribution in [-0.2, 0) is 9.53 Å².